The maximum atomic E-state index is 14.0. The third kappa shape index (κ3) is 7.53. The number of rotatable bonds is 13. The normalized spacial score (nSPS) is 11.9. The topological polar surface area (TPSA) is 105 Å². The molecule has 0 aliphatic carbocycles. The number of hydrogen-bond acceptors (Lipinski definition) is 6. The van der Waals surface area contributed by atoms with Crippen LogP contribution in [-0.4, -0.2) is 57.5 Å². The van der Waals surface area contributed by atoms with Crippen LogP contribution >= 0.6 is 0 Å². The maximum absolute atomic E-state index is 14.0. The van der Waals surface area contributed by atoms with Gasteiger partial charge in [-0.1, -0.05) is 42.5 Å². The van der Waals surface area contributed by atoms with Crippen molar-refractivity contribution in [1.82, 2.24) is 10.2 Å². The Hall–Kier alpha value is -4.05. The van der Waals surface area contributed by atoms with Crippen molar-refractivity contribution in [3.8, 4) is 11.5 Å². The lowest BCUT2D eigenvalue weighted by molar-refractivity contribution is -0.139. The number of sulfonamides is 1. The third-order valence-corrected chi connectivity index (χ3v) is 7.90. The summed E-state index contributed by atoms with van der Waals surface area (Å²) in [5.74, 6) is 0.0174. The molecule has 0 aromatic heterocycles. The van der Waals surface area contributed by atoms with E-state index < -0.39 is 28.5 Å². The Morgan fingerprint density at radius 3 is 2.25 bits per heavy atom. The Morgan fingerprint density at radius 1 is 0.925 bits per heavy atom. The van der Waals surface area contributed by atoms with Gasteiger partial charge in [-0.25, -0.2) is 8.42 Å². The van der Waals surface area contributed by atoms with Crippen LogP contribution in [0.15, 0.2) is 83.8 Å². The summed E-state index contributed by atoms with van der Waals surface area (Å²) in [5.41, 5.74) is 0.950. The van der Waals surface area contributed by atoms with Gasteiger partial charge in [0.1, 0.15) is 24.1 Å². The summed E-state index contributed by atoms with van der Waals surface area (Å²) in [6.45, 7) is 6.90. The highest BCUT2D eigenvalue weighted by molar-refractivity contribution is 7.92. The van der Waals surface area contributed by atoms with Crippen molar-refractivity contribution in [2.24, 2.45) is 0 Å². The summed E-state index contributed by atoms with van der Waals surface area (Å²) in [7, 11) is -2.64. The van der Waals surface area contributed by atoms with Crippen LogP contribution in [0.25, 0.3) is 0 Å². The largest absolute Gasteiger partial charge is 0.497 e. The summed E-state index contributed by atoms with van der Waals surface area (Å²) in [6, 6.07) is 20.7. The average Bonchev–Trinajstić information content (AvgIpc) is 2.95. The summed E-state index contributed by atoms with van der Waals surface area (Å²) in [4.78, 5) is 28.5. The molecule has 0 radical (unpaired) electrons. The van der Waals surface area contributed by atoms with E-state index in [1.807, 2.05) is 19.9 Å². The lowest BCUT2D eigenvalue weighted by Crippen LogP contribution is -2.52. The van der Waals surface area contributed by atoms with Crippen LogP contribution in [0.4, 0.5) is 5.69 Å². The van der Waals surface area contributed by atoms with Gasteiger partial charge < -0.3 is 19.7 Å². The smallest absolute Gasteiger partial charge is 0.264 e. The number of anilines is 1. The number of ether oxygens (including phenoxy) is 2. The van der Waals surface area contributed by atoms with Gasteiger partial charge in [-0.05, 0) is 69.7 Å². The number of carbonyl (C=O) groups excluding carboxylic acids is 2. The number of amides is 2. The number of carbonyl (C=O) groups is 2. The first-order chi connectivity index (χ1) is 19.1. The van der Waals surface area contributed by atoms with Crippen LogP contribution < -0.4 is 19.1 Å². The quantitative estimate of drug-likeness (QED) is 0.332. The molecule has 1 unspecified atom stereocenters. The molecule has 9 nitrogen and oxygen atoms in total. The Kier molecular flexibility index (Phi) is 10.6. The number of para-hydroxylation sites is 2. The van der Waals surface area contributed by atoms with Crippen molar-refractivity contribution >= 4 is 27.5 Å². The molecule has 0 heterocycles. The standard InChI is InChI=1S/C30H37N3O6S/c1-6-39-28-18-11-10-17-27(28)33(40(36,37)26-15-8-7-9-16-26)21-29(34)32(23(4)30(35)31-22(2)3)20-24-13-12-14-25(19-24)38-5/h7-19,22-23H,6,20-21H2,1-5H3,(H,31,35). The first-order valence-electron chi connectivity index (χ1n) is 13.1. The van der Waals surface area contributed by atoms with E-state index in [0.717, 1.165) is 9.87 Å². The number of hydrogen-bond donors (Lipinski definition) is 1. The van der Waals surface area contributed by atoms with Crippen molar-refractivity contribution in [2.45, 2.75) is 51.2 Å². The van der Waals surface area contributed by atoms with Gasteiger partial charge in [0.2, 0.25) is 11.8 Å². The molecule has 40 heavy (non-hydrogen) atoms. The van der Waals surface area contributed by atoms with Crippen molar-refractivity contribution < 1.29 is 27.5 Å². The Labute approximate surface area is 236 Å². The van der Waals surface area contributed by atoms with Gasteiger partial charge >= 0.3 is 0 Å². The summed E-state index contributed by atoms with van der Waals surface area (Å²) in [6.07, 6.45) is 0. The molecule has 2 amide bonds. The zero-order valence-corrected chi connectivity index (χ0v) is 24.4. The van der Waals surface area contributed by atoms with E-state index in [-0.39, 0.29) is 29.1 Å². The molecule has 0 bridgehead atoms. The van der Waals surface area contributed by atoms with E-state index in [1.165, 1.54) is 17.0 Å². The van der Waals surface area contributed by atoms with Crippen LogP contribution in [-0.2, 0) is 26.2 Å². The molecule has 0 spiro atoms. The highest BCUT2D eigenvalue weighted by Crippen LogP contribution is 2.33. The van der Waals surface area contributed by atoms with Crippen LogP contribution in [0.2, 0.25) is 0 Å². The van der Waals surface area contributed by atoms with Gasteiger partial charge in [-0.15, -0.1) is 0 Å². The van der Waals surface area contributed by atoms with E-state index in [1.54, 1.807) is 81.6 Å². The molecule has 10 heteroatoms. The van der Waals surface area contributed by atoms with Crippen molar-refractivity contribution in [2.75, 3.05) is 24.6 Å². The van der Waals surface area contributed by atoms with Gasteiger partial charge in [-0.3, -0.25) is 13.9 Å². The van der Waals surface area contributed by atoms with Gasteiger partial charge in [0, 0.05) is 12.6 Å². The van der Waals surface area contributed by atoms with Crippen LogP contribution in [0.3, 0.4) is 0 Å². The first kappa shape index (κ1) is 30.5. The lowest BCUT2D eigenvalue weighted by atomic mass is 10.1. The molecule has 0 fully saturated rings. The monoisotopic (exact) mass is 567 g/mol. The van der Waals surface area contributed by atoms with Gasteiger partial charge in [0.15, 0.2) is 0 Å². The van der Waals surface area contributed by atoms with E-state index in [4.69, 9.17) is 9.47 Å². The second-order valence-electron chi connectivity index (χ2n) is 9.44. The second kappa shape index (κ2) is 13.8. The molecular formula is C30H37N3O6S. The molecule has 0 saturated heterocycles. The summed E-state index contributed by atoms with van der Waals surface area (Å²) < 4.78 is 40.0. The second-order valence-corrected chi connectivity index (χ2v) is 11.3. The average molecular weight is 568 g/mol. The van der Waals surface area contributed by atoms with Crippen LogP contribution in [0.1, 0.15) is 33.3 Å². The zero-order valence-electron chi connectivity index (χ0n) is 23.5. The SMILES string of the molecule is CCOc1ccccc1N(CC(=O)N(Cc1cccc(OC)c1)C(C)C(=O)NC(C)C)S(=O)(=O)c1ccccc1. The molecular weight excluding hydrogens is 530 g/mol. The van der Waals surface area contributed by atoms with Gasteiger partial charge in [0.05, 0.1) is 24.3 Å². The van der Waals surface area contributed by atoms with Crippen molar-refractivity contribution in [1.29, 1.82) is 0 Å². The summed E-state index contributed by atoms with van der Waals surface area (Å²) in [5, 5.41) is 2.84. The van der Waals surface area contributed by atoms with Crippen LogP contribution in [0.5, 0.6) is 11.5 Å². The minimum atomic E-state index is -4.19. The Bertz CT molecular complexity index is 1400. The van der Waals surface area contributed by atoms with E-state index in [2.05, 4.69) is 5.32 Å². The van der Waals surface area contributed by atoms with E-state index in [0.29, 0.717) is 18.1 Å². The van der Waals surface area contributed by atoms with Crippen molar-refractivity contribution in [3.05, 3.63) is 84.4 Å². The number of methoxy groups -OCH3 is 1. The highest BCUT2D eigenvalue weighted by atomic mass is 32.2. The molecule has 214 valence electrons. The number of nitrogens with zero attached hydrogens (tertiary/aromatic N) is 2. The predicted octanol–water partition coefficient (Wildman–Crippen LogP) is 4.23. The Balaban J connectivity index is 2.08. The first-order valence-corrected chi connectivity index (χ1v) is 14.5. The lowest BCUT2D eigenvalue weighted by Gasteiger charge is -2.32. The molecule has 3 aromatic carbocycles. The minimum absolute atomic E-state index is 0.0269. The van der Waals surface area contributed by atoms with Crippen molar-refractivity contribution in [3.63, 3.8) is 0 Å². The van der Waals surface area contributed by atoms with E-state index >= 15 is 0 Å². The van der Waals surface area contributed by atoms with Gasteiger partial charge in [0.25, 0.3) is 10.0 Å². The molecule has 0 aliphatic heterocycles. The van der Waals surface area contributed by atoms with Crippen LogP contribution in [0, 0.1) is 0 Å². The fraction of sp³-hybridized carbons (Fsp3) is 0.333. The predicted molar refractivity (Wildman–Crippen MR) is 155 cm³/mol. The highest BCUT2D eigenvalue weighted by Gasteiger charge is 2.33. The minimum Gasteiger partial charge on any atom is -0.497 e. The molecule has 1 atom stereocenters. The molecule has 0 saturated carbocycles. The number of nitrogens with one attached hydrogen (secondary N) is 1. The zero-order chi connectivity index (χ0) is 29.3. The summed E-state index contributed by atoms with van der Waals surface area (Å²) >= 11 is 0. The fourth-order valence-electron chi connectivity index (χ4n) is 4.13. The Morgan fingerprint density at radius 2 is 1.60 bits per heavy atom. The third-order valence-electron chi connectivity index (χ3n) is 6.13. The fourth-order valence-corrected chi connectivity index (χ4v) is 5.57. The molecule has 0 aliphatic rings. The van der Waals surface area contributed by atoms with Gasteiger partial charge in [-0.2, -0.15) is 0 Å². The molecule has 3 rings (SSSR count). The number of benzene rings is 3. The van der Waals surface area contributed by atoms with E-state index in [9.17, 15) is 18.0 Å². The molecule has 3 aromatic rings. The maximum Gasteiger partial charge on any atom is 0.264 e. The molecule has 1 N–H and O–H groups in total.